The van der Waals surface area contributed by atoms with E-state index in [1.54, 1.807) is 0 Å². The van der Waals surface area contributed by atoms with Crippen molar-refractivity contribution < 1.29 is 0 Å². The first-order valence-corrected chi connectivity index (χ1v) is 10.7. The smallest absolute Gasteiger partial charge is 0.170 e. The van der Waals surface area contributed by atoms with Gasteiger partial charge in [-0.1, -0.05) is 25.3 Å². The number of nitrogens with one attached hydrogen (secondary N) is 1. The first kappa shape index (κ1) is 18.5. The van der Waals surface area contributed by atoms with Crippen LogP contribution in [0.5, 0.6) is 0 Å². The molecule has 0 bridgehead atoms. The maximum Gasteiger partial charge on any atom is 0.170 e. The van der Waals surface area contributed by atoms with Gasteiger partial charge in [0.1, 0.15) is 0 Å². The minimum absolute atomic E-state index is 0.0963. The van der Waals surface area contributed by atoms with Gasteiger partial charge in [0, 0.05) is 30.2 Å². The second-order valence-corrected chi connectivity index (χ2v) is 8.29. The molecule has 0 radical (unpaired) electrons. The van der Waals surface area contributed by atoms with Crippen molar-refractivity contribution in [2.24, 2.45) is 0 Å². The molecule has 2 atom stereocenters. The van der Waals surface area contributed by atoms with Gasteiger partial charge >= 0.3 is 0 Å². The Balaban J connectivity index is 1.76. The van der Waals surface area contributed by atoms with Crippen molar-refractivity contribution in [3.05, 3.63) is 53.1 Å². The van der Waals surface area contributed by atoms with Crippen LogP contribution in [0.2, 0.25) is 0 Å². The fraction of sp³-hybridized carbons (Fsp3) is 0.545. The van der Waals surface area contributed by atoms with E-state index < -0.39 is 0 Å². The molecule has 1 saturated heterocycles. The third-order valence-corrected chi connectivity index (χ3v) is 6.67. The van der Waals surface area contributed by atoms with Crippen molar-refractivity contribution in [1.29, 1.82) is 0 Å². The molecule has 4 rings (SSSR count). The Morgan fingerprint density at radius 3 is 2.63 bits per heavy atom. The average molecular weight is 383 g/mol. The van der Waals surface area contributed by atoms with Crippen LogP contribution in [0.4, 0.5) is 0 Å². The second kappa shape index (κ2) is 7.63. The zero-order valence-electron chi connectivity index (χ0n) is 16.6. The highest BCUT2D eigenvalue weighted by atomic mass is 32.1. The van der Waals surface area contributed by atoms with Crippen LogP contribution in [0.15, 0.2) is 30.5 Å². The van der Waals surface area contributed by atoms with E-state index in [9.17, 15) is 0 Å². The molecule has 5 heteroatoms. The first-order chi connectivity index (χ1) is 13.1. The topological polar surface area (TPSA) is 33.1 Å². The van der Waals surface area contributed by atoms with Crippen LogP contribution < -0.4 is 5.32 Å². The normalized spacial score (nSPS) is 23.7. The van der Waals surface area contributed by atoms with Crippen molar-refractivity contribution in [2.45, 2.75) is 71.0 Å². The molecule has 1 aliphatic carbocycles. The van der Waals surface area contributed by atoms with Crippen LogP contribution in [-0.4, -0.2) is 26.1 Å². The van der Waals surface area contributed by atoms with Gasteiger partial charge in [0.15, 0.2) is 5.11 Å². The summed E-state index contributed by atoms with van der Waals surface area (Å²) in [6.45, 7) is 7.63. The maximum atomic E-state index is 5.68. The zero-order valence-corrected chi connectivity index (χ0v) is 17.4. The molecule has 2 fully saturated rings. The molecule has 2 aromatic rings. The van der Waals surface area contributed by atoms with Crippen LogP contribution in [0.3, 0.4) is 0 Å². The number of pyridine rings is 1. The highest BCUT2D eigenvalue weighted by Crippen LogP contribution is 2.42. The quantitative estimate of drug-likeness (QED) is 0.755. The van der Waals surface area contributed by atoms with Crippen LogP contribution in [0, 0.1) is 13.8 Å². The summed E-state index contributed by atoms with van der Waals surface area (Å²) in [5.41, 5.74) is 5.23. The van der Waals surface area contributed by atoms with E-state index in [2.05, 4.69) is 58.7 Å². The molecule has 2 aliphatic rings. The molecule has 1 saturated carbocycles. The van der Waals surface area contributed by atoms with Crippen LogP contribution in [0.25, 0.3) is 0 Å². The summed E-state index contributed by atoms with van der Waals surface area (Å²) in [6, 6.07) is 9.47. The fourth-order valence-corrected chi connectivity index (χ4v) is 5.46. The zero-order chi connectivity index (χ0) is 19.0. The van der Waals surface area contributed by atoms with E-state index in [4.69, 9.17) is 12.2 Å². The second-order valence-electron chi connectivity index (χ2n) is 7.90. The summed E-state index contributed by atoms with van der Waals surface area (Å²) >= 11 is 5.68. The van der Waals surface area contributed by atoms with Gasteiger partial charge in [-0.3, -0.25) is 4.98 Å². The first-order valence-electron chi connectivity index (χ1n) is 10.3. The number of nitrogens with zero attached hydrogens (tertiary/aromatic N) is 3. The molecule has 2 unspecified atom stereocenters. The number of thiocarbonyl (C=S) groups is 1. The van der Waals surface area contributed by atoms with Gasteiger partial charge in [-0.15, -0.1) is 0 Å². The van der Waals surface area contributed by atoms with Gasteiger partial charge < -0.3 is 14.8 Å². The highest BCUT2D eigenvalue weighted by molar-refractivity contribution is 7.80. The Morgan fingerprint density at radius 1 is 1.19 bits per heavy atom. The van der Waals surface area contributed by atoms with Gasteiger partial charge in [-0.2, -0.15) is 0 Å². The van der Waals surface area contributed by atoms with Gasteiger partial charge in [0.2, 0.25) is 0 Å². The lowest BCUT2D eigenvalue weighted by molar-refractivity contribution is 0.323. The molecular formula is C22H30N4S. The summed E-state index contributed by atoms with van der Waals surface area (Å²) in [5, 5.41) is 4.37. The Kier molecular flexibility index (Phi) is 5.22. The summed E-state index contributed by atoms with van der Waals surface area (Å²) in [4.78, 5) is 6.95. The van der Waals surface area contributed by atoms with E-state index in [0.29, 0.717) is 6.04 Å². The van der Waals surface area contributed by atoms with E-state index in [1.807, 2.05) is 12.3 Å². The molecule has 2 aromatic heterocycles. The number of hydrogen-bond donors (Lipinski definition) is 1. The van der Waals surface area contributed by atoms with Crippen molar-refractivity contribution in [1.82, 2.24) is 19.8 Å². The van der Waals surface area contributed by atoms with Gasteiger partial charge in [0.05, 0.1) is 17.8 Å². The standard InChI is InChI=1S/C22H30N4S/c1-4-25-21(20(24-22(25)27)19-12-8-9-13-23-19)18-14-15(2)26(16(18)3)17-10-6-5-7-11-17/h8-9,12-14,17,20-21H,4-7,10-11H2,1-3H3,(H,24,27). The molecule has 4 nitrogen and oxygen atoms in total. The van der Waals surface area contributed by atoms with Crippen LogP contribution >= 0.6 is 12.2 Å². The van der Waals surface area contributed by atoms with Gasteiger partial charge in [0.25, 0.3) is 0 Å². The lowest BCUT2D eigenvalue weighted by Crippen LogP contribution is -2.29. The SMILES string of the molecule is CCN1C(=S)NC(c2ccccn2)C1c1cc(C)n(C2CCCCC2)c1C. The Bertz CT molecular complexity index is 807. The van der Waals surface area contributed by atoms with E-state index in [0.717, 1.165) is 17.4 Å². The predicted octanol–water partition coefficient (Wildman–Crippen LogP) is 5.00. The Labute approximate surface area is 168 Å². The molecule has 27 heavy (non-hydrogen) atoms. The Hall–Kier alpha value is -1.88. The summed E-state index contributed by atoms with van der Waals surface area (Å²) < 4.78 is 2.60. The number of hydrogen-bond acceptors (Lipinski definition) is 2. The van der Waals surface area contributed by atoms with E-state index >= 15 is 0 Å². The monoisotopic (exact) mass is 382 g/mol. The number of likely N-dealkylation sites (N-methyl/N-ethyl adjacent to an activating group) is 1. The summed E-state index contributed by atoms with van der Waals surface area (Å²) in [6.07, 6.45) is 8.57. The third-order valence-electron chi connectivity index (χ3n) is 6.32. The highest BCUT2D eigenvalue weighted by Gasteiger charge is 2.40. The third kappa shape index (κ3) is 3.27. The molecule has 1 aliphatic heterocycles. The molecule has 0 amide bonds. The number of rotatable bonds is 4. The van der Waals surface area contributed by atoms with Crippen LogP contribution in [0.1, 0.15) is 79.8 Å². The van der Waals surface area contributed by atoms with Crippen molar-refractivity contribution in [2.75, 3.05) is 6.54 Å². The van der Waals surface area contributed by atoms with Gasteiger partial charge in [-0.25, -0.2) is 0 Å². The molecule has 0 spiro atoms. The van der Waals surface area contributed by atoms with Crippen molar-refractivity contribution in [3.63, 3.8) is 0 Å². The number of aryl methyl sites for hydroxylation is 1. The largest absolute Gasteiger partial charge is 0.352 e. The molecular weight excluding hydrogens is 352 g/mol. The van der Waals surface area contributed by atoms with E-state index in [1.165, 1.54) is 49.1 Å². The molecule has 144 valence electrons. The van der Waals surface area contributed by atoms with Gasteiger partial charge in [-0.05, 0) is 69.6 Å². The molecule has 3 heterocycles. The molecule has 0 aromatic carbocycles. The summed E-state index contributed by atoms with van der Waals surface area (Å²) in [7, 11) is 0. The maximum absolute atomic E-state index is 5.68. The van der Waals surface area contributed by atoms with E-state index in [-0.39, 0.29) is 12.1 Å². The Morgan fingerprint density at radius 2 is 1.96 bits per heavy atom. The predicted molar refractivity (Wildman–Crippen MR) is 114 cm³/mol. The molecule has 1 N–H and O–H groups in total. The van der Waals surface area contributed by atoms with Crippen LogP contribution in [-0.2, 0) is 0 Å². The average Bonchev–Trinajstić information content (AvgIpc) is 3.18. The van der Waals surface area contributed by atoms with Crippen molar-refractivity contribution >= 4 is 17.3 Å². The minimum atomic E-state index is 0.0963. The lowest BCUT2D eigenvalue weighted by atomic mass is 9.94. The fourth-order valence-electron chi connectivity index (χ4n) is 5.09. The number of aromatic nitrogens is 2. The summed E-state index contributed by atoms with van der Waals surface area (Å²) in [5.74, 6) is 0. The minimum Gasteiger partial charge on any atom is -0.352 e. The lowest BCUT2D eigenvalue weighted by Gasteiger charge is -2.29. The van der Waals surface area contributed by atoms with Crippen molar-refractivity contribution in [3.8, 4) is 0 Å².